The van der Waals surface area contributed by atoms with Crippen LogP contribution < -0.4 is 0 Å². The summed E-state index contributed by atoms with van der Waals surface area (Å²) in [5.74, 6) is 0. The summed E-state index contributed by atoms with van der Waals surface area (Å²) in [5, 5.41) is 4.77. The zero-order valence-electron chi connectivity index (χ0n) is 31.8. The maximum absolute atomic E-state index is 4.69. The van der Waals surface area contributed by atoms with Crippen LogP contribution in [-0.4, -0.2) is 9.97 Å². The fraction of sp³-hybridized carbons (Fsp3) is 0.0182. The van der Waals surface area contributed by atoms with Crippen molar-refractivity contribution in [2.45, 2.75) is 6.92 Å². The molecule has 0 amide bonds. The van der Waals surface area contributed by atoms with Crippen LogP contribution in [0.5, 0.6) is 0 Å². The van der Waals surface area contributed by atoms with E-state index < -0.39 is 0 Å². The number of pyridine rings is 2. The van der Waals surface area contributed by atoms with Crippen molar-refractivity contribution < 1.29 is 0 Å². The zero-order valence-corrected chi connectivity index (χ0v) is 31.8. The van der Waals surface area contributed by atoms with Gasteiger partial charge in [-0.2, -0.15) is 0 Å². The smallest absolute Gasteiger partial charge is 0.0701 e. The van der Waals surface area contributed by atoms with Crippen LogP contribution in [-0.2, 0) is 0 Å². The molecule has 0 N–H and O–H groups in total. The molecule has 9 aromatic rings. The number of rotatable bonds is 9. The van der Waals surface area contributed by atoms with Gasteiger partial charge in [0.05, 0.1) is 11.4 Å². The average Bonchev–Trinajstić information content (AvgIpc) is 3.29. The predicted octanol–water partition coefficient (Wildman–Crippen LogP) is 14.7. The quantitative estimate of drug-likeness (QED) is 0.109. The van der Waals surface area contributed by atoms with E-state index in [0.717, 1.165) is 55.9 Å². The Morgan fingerprint density at radius 3 is 1.39 bits per heavy atom. The van der Waals surface area contributed by atoms with Crippen molar-refractivity contribution in [3.8, 4) is 44.8 Å². The summed E-state index contributed by atoms with van der Waals surface area (Å²) in [5.41, 5.74) is 15.5. The first kappa shape index (κ1) is 35.3. The Hall–Kier alpha value is -7.42. The van der Waals surface area contributed by atoms with E-state index in [1.165, 1.54) is 43.8 Å². The molecule has 0 bridgehead atoms. The van der Waals surface area contributed by atoms with E-state index in [1.54, 1.807) is 0 Å². The molecule has 2 heterocycles. The summed E-state index contributed by atoms with van der Waals surface area (Å²) in [6.45, 7) is 6.86. The van der Waals surface area contributed by atoms with Crippen LogP contribution in [0.4, 0.5) is 0 Å². The van der Waals surface area contributed by atoms with E-state index in [9.17, 15) is 0 Å². The van der Waals surface area contributed by atoms with E-state index in [4.69, 9.17) is 0 Å². The van der Waals surface area contributed by atoms with Crippen molar-refractivity contribution in [3.63, 3.8) is 0 Å². The Kier molecular flexibility index (Phi) is 9.75. The molecule has 2 aromatic heterocycles. The minimum atomic E-state index is 0.943. The first-order valence-electron chi connectivity index (χ1n) is 19.3. The molecule has 0 saturated heterocycles. The lowest BCUT2D eigenvalue weighted by molar-refractivity contribution is 1.33. The first-order valence-corrected chi connectivity index (χ1v) is 19.3. The van der Waals surface area contributed by atoms with Crippen LogP contribution in [0.1, 0.15) is 23.6 Å². The van der Waals surface area contributed by atoms with E-state index in [0.29, 0.717) is 0 Å². The van der Waals surface area contributed by atoms with Crippen molar-refractivity contribution in [2.24, 2.45) is 0 Å². The highest BCUT2D eigenvalue weighted by molar-refractivity contribution is 6.22. The van der Waals surface area contributed by atoms with Crippen molar-refractivity contribution in [3.05, 3.63) is 236 Å². The molecule has 0 aliphatic heterocycles. The van der Waals surface area contributed by atoms with Crippen LogP contribution >= 0.6 is 0 Å². The third-order valence-electron chi connectivity index (χ3n) is 10.7. The summed E-state index contributed by atoms with van der Waals surface area (Å²) in [6.07, 6.45) is 8.18. The van der Waals surface area contributed by atoms with Gasteiger partial charge < -0.3 is 0 Å². The molecule has 0 unspecified atom stereocenters. The highest BCUT2D eigenvalue weighted by Crippen LogP contribution is 2.45. The number of aromatic nitrogens is 2. The molecule has 9 rings (SSSR count). The second-order valence-corrected chi connectivity index (χ2v) is 14.3. The van der Waals surface area contributed by atoms with Crippen LogP contribution in [0, 0.1) is 0 Å². The lowest BCUT2D eigenvalue weighted by Crippen LogP contribution is -1.93. The molecule has 7 aromatic carbocycles. The van der Waals surface area contributed by atoms with Crippen molar-refractivity contribution >= 4 is 38.3 Å². The molecular formula is C55H40N2. The Balaban J connectivity index is 1.24. The van der Waals surface area contributed by atoms with Crippen molar-refractivity contribution in [2.75, 3.05) is 0 Å². The summed E-state index contributed by atoms with van der Waals surface area (Å²) in [6, 6.07) is 66.5. The fourth-order valence-corrected chi connectivity index (χ4v) is 7.81. The van der Waals surface area contributed by atoms with Gasteiger partial charge >= 0.3 is 0 Å². The summed E-state index contributed by atoms with van der Waals surface area (Å²) < 4.78 is 0. The van der Waals surface area contributed by atoms with Gasteiger partial charge in [0.2, 0.25) is 0 Å². The summed E-state index contributed by atoms with van der Waals surface area (Å²) in [4.78, 5) is 9.21. The van der Waals surface area contributed by atoms with E-state index in [1.807, 2.05) is 36.7 Å². The Labute approximate surface area is 334 Å². The average molecular weight is 729 g/mol. The molecule has 0 radical (unpaired) electrons. The second kappa shape index (κ2) is 15.7. The topological polar surface area (TPSA) is 25.8 Å². The third-order valence-corrected chi connectivity index (χ3v) is 10.7. The highest BCUT2D eigenvalue weighted by Gasteiger charge is 2.18. The molecular weight excluding hydrogens is 689 g/mol. The van der Waals surface area contributed by atoms with Gasteiger partial charge in [0.25, 0.3) is 0 Å². The van der Waals surface area contributed by atoms with E-state index >= 15 is 0 Å². The number of allylic oxidation sites excluding steroid dienone is 5. The molecule has 2 heteroatoms. The third kappa shape index (κ3) is 7.25. The maximum atomic E-state index is 4.69. The lowest BCUT2D eigenvalue weighted by Gasteiger charge is -2.19. The number of fused-ring (bicyclic) bond motifs is 2. The molecule has 270 valence electrons. The summed E-state index contributed by atoms with van der Waals surface area (Å²) in [7, 11) is 0. The first-order chi connectivity index (χ1) is 28.1. The van der Waals surface area contributed by atoms with E-state index in [-0.39, 0.29) is 0 Å². The number of hydrogen-bond acceptors (Lipinski definition) is 2. The number of nitrogens with zero attached hydrogens (tertiary/aromatic N) is 2. The Bertz CT molecular complexity index is 2910. The molecule has 57 heavy (non-hydrogen) atoms. The minimum Gasteiger partial charge on any atom is -0.256 e. The Morgan fingerprint density at radius 1 is 0.404 bits per heavy atom. The maximum Gasteiger partial charge on any atom is 0.0701 e. The molecule has 0 aliphatic rings. The predicted molar refractivity (Wildman–Crippen MR) is 242 cm³/mol. The van der Waals surface area contributed by atoms with Gasteiger partial charge in [-0.05, 0) is 121 Å². The van der Waals surface area contributed by atoms with Gasteiger partial charge in [-0.25, -0.2) is 0 Å². The molecule has 2 nitrogen and oxygen atoms in total. The monoisotopic (exact) mass is 728 g/mol. The lowest BCUT2D eigenvalue weighted by atomic mass is 9.84. The number of hydrogen-bond donors (Lipinski definition) is 0. The van der Waals surface area contributed by atoms with Crippen molar-refractivity contribution in [1.29, 1.82) is 0 Å². The van der Waals surface area contributed by atoms with Crippen LogP contribution in [0.2, 0.25) is 0 Å². The Morgan fingerprint density at radius 2 is 0.860 bits per heavy atom. The summed E-state index contributed by atoms with van der Waals surface area (Å²) >= 11 is 0. The molecule has 0 aliphatic carbocycles. The zero-order chi connectivity index (χ0) is 38.6. The van der Waals surface area contributed by atoms with Gasteiger partial charge in [0.1, 0.15) is 0 Å². The van der Waals surface area contributed by atoms with E-state index in [2.05, 4.69) is 199 Å². The van der Waals surface area contributed by atoms with Crippen LogP contribution in [0.3, 0.4) is 0 Å². The second-order valence-electron chi connectivity index (χ2n) is 14.3. The molecule has 0 spiro atoms. The SMILES string of the molecule is C=C(/C=C(\C=C(/C)c1ccccc1)c1ccccc1)c1ccc2c(-c3ccc(-c4ccccn4)cc3)c3ccccc3c(-c3ccc(-c4ccccn4)cc3)c2c1. The fourth-order valence-electron chi connectivity index (χ4n) is 7.81. The standard InChI is InChI=1S/C55H40N2/c1-38(40-15-5-3-6-16-40)35-47(41-17-7-4-8-18-41)36-39(2)46-31-32-50-51(37-46)55(45-29-25-43(26-30-45)53-22-12-14-34-57-53)49-20-10-9-19-48(49)54(50)44-27-23-42(24-28-44)52-21-11-13-33-56-52/h3-37H,2H2,1H3/b38-35+,47-36+. The van der Waals surface area contributed by atoms with Crippen molar-refractivity contribution in [1.82, 2.24) is 9.97 Å². The minimum absolute atomic E-state index is 0.943. The highest BCUT2D eigenvalue weighted by atomic mass is 14.7. The van der Waals surface area contributed by atoms with Gasteiger partial charge in [-0.3, -0.25) is 9.97 Å². The number of benzene rings is 7. The van der Waals surface area contributed by atoms with Gasteiger partial charge in [0.15, 0.2) is 0 Å². The van der Waals surface area contributed by atoms with Gasteiger partial charge in [0, 0.05) is 23.5 Å². The largest absolute Gasteiger partial charge is 0.256 e. The normalized spacial score (nSPS) is 11.9. The molecule has 0 fully saturated rings. The molecule has 0 atom stereocenters. The van der Waals surface area contributed by atoms with Gasteiger partial charge in [-0.15, -0.1) is 0 Å². The van der Waals surface area contributed by atoms with Gasteiger partial charge in [-0.1, -0.05) is 170 Å². The van der Waals surface area contributed by atoms with Crippen LogP contribution in [0.15, 0.2) is 219 Å². The van der Waals surface area contributed by atoms with Crippen LogP contribution in [0.25, 0.3) is 83.0 Å². The molecule has 0 saturated carbocycles.